The third-order valence-electron chi connectivity index (χ3n) is 0.853. The highest BCUT2D eigenvalue weighted by atomic mass is 15.1. The average Bonchev–Trinajstić information content (AvgIpc) is 1.67. The summed E-state index contributed by atoms with van der Waals surface area (Å²) in [6.45, 7) is 3.72. The minimum atomic E-state index is 0.924. The van der Waals surface area contributed by atoms with E-state index in [9.17, 15) is 0 Å². The van der Waals surface area contributed by atoms with Crippen LogP contribution in [0.5, 0.6) is 0 Å². The molecule has 0 atom stereocenters. The SMILES string of the molecule is C=C(C=NC)N(C)C. The normalized spacial score (nSPS) is 9.88. The van der Waals surface area contributed by atoms with E-state index in [4.69, 9.17) is 0 Å². The molecule has 2 nitrogen and oxygen atoms in total. The molecule has 0 spiro atoms. The molecule has 0 heterocycles. The first-order valence-corrected chi connectivity index (χ1v) is 2.47. The summed E-state index contributed by atoms with van der Waals surface area (Å²) in [7, 11) is 5.60. The lowest BCUT2D eigenvalue weighted by atomic mass is 10.5. The Balaban J connectivity index is 3.66. The van der Waals surface area contributed by atoms with Crippen LogP contribution in [0, 0.1) is 0 Å². The van der Waals surface area contributed by atoms with Gasteiger partial charge in [-0.05, 0) is 0 Å². The molecular weight excluding hydrogens is 100 g/mol. The molecule has 2 heteroatoms. The zero-order valence-electron chi connectivity index (χ0n) is 5.68. The van der Waals surface area contributed by atoms with Gasteiger partial charge in [-0.2, -0.15) is 0 Å². The van der Waals surface area contributed by atoms with Crippen molar-refractivity contribution in [3.05, 3.63) is 12.3 Å². The molecule has 0 aliphatic heterocycles. The van der Waals surface area contributed by atoms with E-state index >= 15 is 0 Å². The Morgan fingerprint density at radius 1 is 1.62 bits per heavy atom. The fourth-order valence-corrected chi connectivity index (χ4v) is 0.264. The van der Waals surface area contributed by atoms with E-state index in [0.29, 0.717) is 0 Å². The van der Waals surface area contributed by atoms with Crippen molar-refractivity contribution in [1.82, 2.24) is 4.90 Å². The summed E-state index contributed by atoms with van der Waals surface area (Å²) in [5.41, 5.74) is 0.924. The smallest absolute Gasteiger partial charge is 0.0469 e. The van der Waals surface area contributed by atoms with Gasteiger partial charge in [0.2, 0.25) is 0 Å². The van der Waals surface area contributed by atoms with Crippen molar-refractivity contribution in [3.63, 3.8) is 0 Å². The maximum absolute atomic E-state index is 3.79. The molecule has 46 valence electrons. The molecule has 0 fully saturated rings. The minimum Gasteiger partial charge on any atom is -0.377 e. The van der Waals surface area contributed by atoms with Gasteiger partial charge in [0, 0.05) is 33.1 Å². The van der Waals surface area contributed by atoms with E-state index in [-0.39, 0.29) is 0 Å². The third-order valence-corrected chi connectivity index (χ3v) is 0.853. The highest BCUT2D eigenvalue weighted by molar-refractivity contribution is 5.76. The van der Waals surface area contributed by atoms with Crippen LogP contribution in [-0.4, -0.2) is 32.3 Å². The summed E-state index contributed by atoms with van der Waals surface area (Å²) in [6.07, 6.45) is 1.72. The van der Waals surface area contributed by atoms with E-state index in [0.717, 1.165) is 5.70 Å². The minimum absolute atomic E-state index is 0.924. The van der Waals surface area contributed by atoms with Crippen molar-refractivity contribution < 1.29 is 0 Å². The van der Waals surface area contributed by atoms with Crippen molar-refractivity contribution in [2.75, 3.05) is 21.1 Å². The largest absolute Gasteiger partial charge is 0.377 e. The number of rotatable bonds is 2. The fourth-order valence-electron chi connectivity index (χ4n) is 0.264. The van der Waals surface area contributed by atoms with Gasteiger partial charge < -0.3 is 4.90 Å². The van der Waals surface area contributed by atoms with E-state index in [1.54, 1.807) is 13.3 Å². The Bertz CT molecular complexity index is 103. The summed E-state index contributed by atoms with van der Waals surface area (Å²) in [5.74, 6) is 0. The number of allylic oxidation sites excluding steroid dienone is 1. The lowest BCUT2D eigenvalue weighted by Gasteiger charge is -2.09. The van der Waals surface area contributed by atoms with Gasteiger partial charge >= 0.3 is 0 Å². The first-order valence-electron chi connectivity index (χ1n) is 2.47. The molecule has 0 unspecified atom stereocenters. The molecule has 0 aromatic heterocycles. The number of hydrogen-bond acceptors (Lipinski definition) is 2. The predicted molar refractivity (Wildman–Crippen MR) is 37.2 cm³/mol. The van der Waals surface area contributed by atoms with Gasteiger partial charge in [-0.15, -0.1) is 0 Å². The van der Waals surface area contributed by atoms with Gasteiger partial charge in [0.1, 0.15) is 0 Å². The lowest BCUT2D eigenvalue weighted by Crippen LogP contribution is -2.10. The van der Waals surface area contributed by atoms with Gasteiger partial charge in [0.15, 0.2) is 0 Å². The average molecular weight is 112 g/mol. The van der Waals surface area contributed by atoms with E-state index in [1.165, 1.54) is 0 Å². The van der Waals surface area contributed by atoms with Crippen molar-refractivity contribution >= 4 is 6.21 Å². The fraction of sp³-hybridized carbons (Fsp3) is 0.500. The summed E-state index contributed by atoms with van der Waals surface area (Å²) >= 11 is 0. The Labute approximate surface area is 50.5 Å². The summed E-state index contributed by atoms with van der Waals surface area (Å²) in [4.78, 5) is 5.70. The molecule has 8 heavy (non-hydrogen) atoms. The van der Waals surface area contributed by atoms with Gasteiger partial charge in [-0.25, -0.2) is 0 Å². The molecule has 0 aromatic carbocycles. The summed E-state index contributed by atoms with van der Waals surface area (Å²) in [5, 5.41) is 0. The quantitative estimate of drug-likeness (QED) is 0.481. The second kappa shape index (κ2) is 3.24. The number of nitrogens with zero attached hydrogens (tertiary/aromatic N) is 2. The topological polar surface area (TPSA) is 15.6 Å². The maximum Gasteiger partial charge on any atom is 0.0469 e. The Morgan fingerprint density at radius 3 is 2.25 bits per heavy atom. The molecule has 0 amide bonds. The molecule has 0 N–H and O–H groups in total. The highest BCUT2D eigenvalue weighted by Crippen LogP contribution is 1.86. The van der Waals surface area contributed by atoms with Crippen LogP contribution in [0.4, 0.5) is 0 Å². The molecule has 0 saturated heterocycles. The summed E-state index contributed by atoms with van der Waals surface area (Å²) < 4.78 is 0. The second-order valence-electron chi connectivity index (χ2n) is 1.77. The van der Waals surface area contributed by atoms with Crippen molar-refractivity contribution in [1.29, 1.82) is 0 Å². The van der Waals surface area contributed by atoms with Crippen LogP contribution < -0.4 is 0 Å². The van der Waals surface area contributed by atoms with Crippen LogP contribution >= 0.6 is 0 Å². The Kier molecular flexibility index (Phi) is 2.92. The van der Waals surface area contributed by atoms with Crippen molar-refractivity contribution in [3.8, 4) is 0 Å². The molecule has 0 aliphatic rings. The van der Waals surface area contributed by atoms with Gasteiger partial charge in [-0.1, -0.05) is 6.58 Å². The van der Waals surface area contributed by atoms with Crippen LogP contribution in [0.3, 0.4) is 0 Å². The molecular formula is C6H12N2. The van der Waals surface area contributed by atoms with Crippen LogP contribution in [0.15, 0.2) is 17.3 Å². The molecule has 0 aromatic rings. The van der Waals surface area contributed by atoms with Crippen LogP contribution in [-0.2, 0) is 0 Å². The molecule has 0 saturated carbocycles. The van der Waals surface area contributed by atoms with E-state index in [1.807, 2.05) is 19.0 Å². The third kappa shape index (κ3) is 2.39. The second-order valence-corrected chi connectivity index (χ2v) is 1.77. The first-order chi connectivity index (χ1) is 3.68. The van der Waals surface area contributed by atoms with Crippen LogP contribution in [0.2, 0.25) is 0 Å². The van der Waals surface area contributed by atoms with Crippen molar-refractivity contribution in [2.24, 2.45) is 4.99 Å². The maximum atomic E-state index is 3.79. The van der Waals surface area contributed by atoms with Crippen LogP contribution in [0.1, 0.15) is 0 Å². The summed E-state index contributed by atoms with van der Waals surface area (Å²) in [6, 6.07) is 0. The zero-order chi connectivity index (χ0) is 6.57. The Morgan fingerprint density at radius 2 is 2.12 bits per heavy atom. The van der Waals surface area contributed by atoms with Gasteiger partial charge in [0.05, 0.1) is 0 Å². The molecule has 0 rings (SSSR count). The van der Waals surface area contributed by atoms with Gasteiger partial charge in [0.25, 0.3) is 0 Å². The van der Waals surface area contributed by atoms with Crippen molar-refractivity contribution in [2.45, 2.75) is 0 Å². The molecule has 0 aliphatic carbocycles. The van der Waals surface area contributed by atoms with Crippen LogP contribution in [0.25, 0.3) is 0 Å². The Hall–Kier alpha value is -0.790. The van der Waals surface area contributed by atoms with E-state index in [2.05, 4.69) is 11.6 Å². The predicted octanol–water partition coefficient (Wildman–Crippen LogP) is 0.762. The monoisotopic (exact) mass is 112 g/mol. The number of aliphatic imine (C=N–C) groups is 1. The molecule has 0 radical (unpaired) electrons. The van der Waals surface area contributed by atoms with Gasteiger partial charge in [-0.3, -0.25) is 4.99 Å². The van der Waals surface area contributed by atoms with E-state index < -0.39 is 0 Å². The standard InChI is InChI=1S/C6H12N2/c1-6(5-7-2)8(3)4/h5H,1H2,2-4H3. The highest BCUT2D eigenvalue weighted by Gasteiger charge is 1.85. The zero-order valence-corrected chi connectivity index (χ0v) is 5.68. The first kappa shape index (κ1) is 7.21. The lowest BCUT2D eigenvalue weighted by molar-refractivity contribution is 0.544. The number of hydrogen-bond donors (Lipinski definition) is 0. The molecule has 0 bridgehead atoms.